The first-order chi connectivity index (χ1) is 15.4. The molecule has 1 aromatic rings. The van der Waals surface area contributed by atoms with Gasteiger partial charge in [0, 0.05) is 0 Å². The van der Waals surface area contributed by atoms with Gasteiger partial charge in [0.05, 0.1) is 0 Å². The van der Waals surface area contributed by atoms with Gasteiger partial charge in [-0.3, -0.25) is 0 Å². The van der Waals surface area contributed by atoms with Gasteiger partial charge in [-0.2, -0.15) is 0 Å². The maximum atomic E-state index is 13.6. The Hall–Kier alpha value is -1.11. The first-order valence-electron chi connectivity index (χ1n) is 13.9. The highest BCUT2D eigenvalue weighted by molar-refractivity contribution is 5.24. The van der Waals surface area contributed by atoms with Crippen LogP contribution in [0, 0.1) is 46.2 Å². The van der Waals surface area contributed by atoms with E-state index in [4.69, 9.17) is 0 Å². The highest BCUT2D eigenvalue weighted by atomic mass is 19.1. The van der Waals surface area contributed by atoms with Crippen molar-refractivity contribution >= 4 is 0 Å². The van der Waals surface area contributed by atoms with Crippen LogP contribution >= 0.6 is 0 Å². The zero-order valence-electron chi connectivity index (χ0n) is 21.4. The number of fused-ring (bicyclic) bond motifs is 5. The van der Waals surface area contributed by atoms with Crippen LogP contribution in [-0.2, 0) is 6.42 Å². The molecule has 5 rings (SSSR count). The Morgan fingerprint density at radius 3 is 2.62 bits per heavy atom. The molecule has 0 radical (unpaired) electrons. The summed E-state index contributed by atoms with van der Waals surface area (Å²) in [6, 6.07) is 7.25. The molecule has 0 heterocycles. The van der Waals surface area contributed by atoms with Gasteiger partial charge in [-0.1, -0.05) is 64.8 Å². The number of hydrogen-bond donors (Lipinski definition) is 0. The van der Waals surface area contributed by atoms with Crippen LogP contribution in [0.15, 0.2) is 35.9 Å². The van der Waals surface area contributed by atoms with Crippen molar-refractivity contribution in [3.8, 4) is 0 Å². The van der Waals surface area contributed by atoms with E-state index < -0.39 is 0 Å². The van der Waals surface area contributed by atoms with Crippen LogP contribution in [0.25, 0.3) is 0 Å². The third kappa shape index (κ3) is 4.12. The van der Waals surface area contributed by atoms with Crippen LogP contribution in [0.2, 0.25) is 0 Å². The third-order valence-corrected chi connectivity index (χ3v) is 10.6. The minimum absolute atomic E-state index is 0.0905. The van der Waals surface area contributed by atoms with Crippen molar-refractivity contribution in [3.05, 3.63) is 47.3 Å². The number of rotatable bonds is 4. The van der Waals surface area contributed by atoms with Crippen LogP contribution in [0.5, 0.6) is 0 Å². The molecule has 0 amide bonds. The van der Waals surface area contributed by atoms with Gasteiger partial charge >= 0.3 is 0 Å². The zero-order chi connectivity index (χ0) is 22.9. The minimum atomic E-state index is -0.0905. The molecule has 0 nitrogen and oxygen atoms in total. The van der Waals surface area contributed by atoms with E-state index in [1.807, 2.05) is 25.5 Å². The average Bonchev–Trinajstić information content (AvgIpc) is 3.16. The summed E-state index contributed by atoms with van der Waals surface area (Å²) in [5.41, 5.74) is 4.04. The molecule has 0 aliphatic heterocycles. The van der Waals surface area contributed by atoms with E-state index in [2.05, 4.69) is 32.9 Å². The first kappa shape index (κ1) is 24.0. The molecule has 0 spiro atoms. The van der Waals surface area contributed by atoms with Crippen LogP contribution in [-0.4, -0.2) is 0 Å². The molecule has 1 aromatic carbocycles. The van der Waals surface area contributed by atoms with E-state index in [-0.39, 0.29) is 5.82 Å². The Bertz CT molecular complexity index is 808. The van der Waals surface area contributed by atoms with Gasteiger partial charge in [0.2, 0.25) is 0 Å². The quantitative estimate of drug-likeness (QED) is 0.411. The fourth-order valence-electron chi connectivity index (χ4n) is 8.96. The SMILES string of the molecule is CC.CC(CCc1cccc(F)c1)C1CCC2C3CC=C4CCCCC4(C)C3CCC12C. The van der Waals surface area contributed by atoms with Gasteiger partial charge in [0.25, 0.3) is 0 Å². The number of benzene rings is 1. The molecule has 4 aliphatic rings. The Balaban J connectivity index is 0.00000119. The van der Waals surface area contributed by atoms with Crippen LogP contribution in [0.4, 0.5) is 4.39 Å². The molecule has 0 aromatic heterocycles. The maximum absolute atomic E-state index is 13.6. The molecule has 1 heteroatoms. The standard InChI is InChI=1S/C29H41F.C2H6/c1-20(10-11-21-7-6-9-23(30)19-21)25-14-15-26-24-13-12-22-8-4-5-17-28(22,2)27(24)16-18-29(25,26)3;1-2/h6-7,9,12,19-20,24-27H,4-5,8,10-11,13-18H2,1-3H3;1-2H3. The maximum Gasteiger partial charge on any atom is 0.123 e. The van der Waals surface area contributed by atoms with E-state index in [1.54, 1.807) is 12.1 Å². The lowest BCUT2D eigenvalue weighted by molar-refractivity contribution is -0.0498. The normalized spacial score (nSPS) is 39.0. The summed E-state index contributed by atoms with van der Waals surface area (Å²) in [4.78, 5) is 0. The molecule has 3 saturated carbocycles. The highest BCUT2D eigenvalue weighted by Gasteiger charge is 2.58. The fraction of sp³-hybridized carbons (Fsp3) is 0.742. The average molecular weight is 439 g/mol. The van der Waals surface area contributed by atoms with Gasteiger partial charge in [0.1, 0.15) is 5.82 Å². The van der Waals surface area contributed by atoms with E-state index in [0.717, 1.165) is 36.0 Å². The molecular weight excluding hydrogens is 391 g/mol. The van der Waals surface area contributed by atoms with Gasteiger partial charge in [-0.15, -0.1) is 0 Å². The van der Waals surface area contributed by atoms with Crippen LogP contribution < -0.4 is 0 Å². The van der Waals surface area contributed by atoms with Crippen molar-refractivity contribution in [1.29, 1.82) is 0 Å². The summed E-state index contributed by atoms with van der Waals surface area (Å²) < 4.78 is 13.6. The summed E-state index contributed by atoms with van der Waals surface area (Å²) in [6.07, 6.45) is 17.7. The van der Waals surface area contributed by atoms with E-state index >= 15 is 0 Å². The van der Waals surface area contributed by atoms with Crippen molar-refractivity contribution in [2.45, 2.75) is 105 Å². The Morgan fingerprint density at radius 1 is 1.03 bits per heavy atom. The second-order valence-corrected chi connectivity index (χ2v) is 11.8. The molecule has 178 valence electrons. The van der Waals surface area contributed by atoms with E-state index in [1.165, 1.54) is 69.8 Å². The molecule has 4 aliphatic carbocycles. The molecule has 0 bridgehead atoms. The van der Waals surface area contributed by atoms with Crippen molar-refractivity contribution in [2.24, 2.45) is 40.4 Å². The largest absolute Gasteiger partial charge is 0.207 e. The fourth-order valence-corrected chi connectivity index (χ4v) is 8.96. The number of halogens is 1. The van der Waals surface area contributed by atoms with E-state index in [9.17, 15) is 4.39 Å². The minimum Gasteiger partial charge on any atom is -0.207 e. The predicted molar refractivity (Wildman–Crippen MR) is 135 cm³/mol. The van der Waals surface area contributed by atoms with Gasteiger partial charge in [0.15, 0.2) is 0 Å². The monoisotopic (exact) mass is 438 g/mol. The summed E-state index contributed by atoms with van der Waals surface area (Å²) in [5, 5.41) is 0. The molecule has 7 unspecified atom stereocenters. The van der Waals surface area contributed by atoms with Crippen LogP contribution in [0.1, 0.15) is 104 Å². The second-order valence-electron chi connectivity index (χ2n) is 11.8. The highest BCUT2D eigenvalue weighted by Crippen LogP contribution is 2.67. The number of hydrogen-bond acceptors (Lipinski definition) is 0. The Morgan fingerprint density at radius 2 is 1.84 bits per heavy atom. The summed E-state index contributed by atoms with van der Waals surface area (Å²) in [6.45, 7) is 11.8. The lowest BCUT2D eigenvalue weighted by Crippen LogP contribution is -2.50. The molecule has 32 heavy (non-hydrogen) atoms. The van der Waals surface area contributed by atoms with Crippen molar-refractivity contribution in [2.75, 3.05) is 0 Å². The molecule has 3 fully saturated rings. The van der Waals surface area contributed by atoms with Crippen molar-refractivity contribution < 1.29 is 4.39 Å². The molecule has 0 saturated heterocycles. The lowest BCUT2D eigenvalue weighted by atomic mass is 9.47. The van der Waals surface area contributed by atoms with E-state index in [0.29, 0.717) is 10.8 Å². The van der Waals surface area contributed by atoms with Gasteiger partial charge in [-0.05, 0) is 122 Å². The second kappa shape index (κ2) is 9.63. The summed E-state index contributed by atoms with van der Waals surface area (Å²) >= 11 is 0. The Kier molecular flexibility index (Phi) is 7.23. The topological polar surface area (TPSA) is 0 Å². The lowest BCUT2D eigenvalue weighted by Gasteiger charge is -2.58. The van der Waals surface area contributed by atoms with Gasteiger partial charge in [-0.25, -0.2) is 4.39 Å². The van der Waals surface area contributed by atoms with Gasteiger partial charge < -0.3 is 0 Å². The van der Waals surface area contributed by atoms with Crippen molar-refractivity contribution in [3.63, 3.8) is 0 Å². The zero-order valence-corrected chi connectivity index (χ0v) is 21.4. The number of aryl methyl sites for hydroxylation is 1. The first-order valence-corrected chi connectivity index (χ1v) is 13.9. The molecule has 7 atom stereocenters. The van der Waals surface area contributed by atoms with Crippen molar-refractivity contribution in [1.82, 2.24) is 0 Å². The summed E-state index contributed by atoms with van der Waals surface area (Å²) in [7, 11) is 0. The smallest absolute Gasteiger partial charge is 0.123 e. The number of allylic oxidation sites excluding steroid dienone is 2. The molecule has 0 N–H and O–H groups in total. The van der Waals surface area contributed by atoms with Crippen LogP contribution in [0.3, 0.4) is 0 Å². The summed E-state index contributed by atoms with van der Waals surface area (Å²) in [5.74, 6) is 4.29. The molecular formula is C31H47F. The predicted octanol–water partition coefficient (Wildman–Crippen LogP) is 9.39. The third-order valence-electron chi connectivity index (χ3n) is 10.6. The Labute approximate surface area is 197 Å².